The standard InChI is InChI=1S/C21H25N3O3.C10H8/c1-3-22-21(26)24-15-23(2)20(25)19(24)13-16-9-11-18(12-10-16)27-14-17-7-5-4-6-8-17;1-2-6-10-8-4-3-7-9(10)5-1/h4-12,19H,3,13-15H2,1-2H3,(H,22,26);1-8H/t19-;/m0./s1. The minimum Gasteiger partial charge on any atom is -0.489 e. The molecule has 1 fully saturated rings. The summed E-state index contributed by atoms with van der Waals surface area (Å²) in [7, 11) is 1.72. The number of carbonyl (C=O) groups is 2. The van der Waals surface area contributed by atoms with Crippen LogP contribution in [0.25, 0.3) is 10.8 Å². The molecular formula is C31H33N3O3. The fourth-order valence-corrected chi connectivity index (χ4v) is 4.26. The van der Waals surface area contributed by atoms with E-state index in [-0.39, 0.29) is 11.9 Å². The molecular weight excluding hydrogens is 462 g/mol. The molecule has 1 heterocycles. The van der Waals surface area contributed by atoms with Crippen LogP contribution in [0.3, 0.4) is 0 Å². The molecule has 0 saturated carbocycles. The van der Waals surface area contributed by atoms with Crippen LogP contribution in [0.15, 0.2) is 103 Å². The monoisotopic (exact) mass is 495 g/mol. The predicted molar refractivity (Wildman–Crippen MR) is 147 cm³/mol. The Morgan fingerprint density at radius 3 is 1.97 bits per heavy atom. The van der Waals surface area contributed by atoms with Crippen molar-refractivity contribution in [2.45, 2.75) is 26.0 Å². The largest absolute Gasteiger partial charge is 0.489 e. The minimum atomic E-state index is -0.474. The Hall–Kier alpha value is -4.32. The zero-order valence-corrected chi connectivity index (χ0v) is 21.3. The van der Waals surface area contributed by atoms with E-state index in [4.69, 9.17) is 4.74 Å². The highest BCUT2D eigenvalue weighted by Gasteiger charge is 2.39. The molecule has 3 amide bonds. The number of ether oxygens (including phenoxy) is 1. The van der Waals surface area contributed by atoms with Gasteiger partial charge in [-0.15, -0.1) is 0 Å². The summed E-state index contributed by atoms with van der Waals surface area (Å²) in [5.41, 5.74) is 2.10. The van der Waals surface area contributed by atoms with Crippen molar-refractivity contribution >= 4 is 22.7 Å². The first kappa shape index (κ1) is 25.8. The number of nitrogens with zero attached hydrogens (tertiary/aromatic N) is 2. The van der Waals surface area contributed by atoms with Gasteiger partial charge in [-0.1, -0.05) is 91.0 Å². The van der Waals surface area contributed by atoms with E-state index in [9.17, 15) is 9.59 Å². The van der Waals surface area contributed by atoms with E-state index in [0.29, 0.717) is 26.2 Å². The van der Waals surface area contributed by atoms with Crippen molar-refractivity contribution in [3.63, 3.8) is 0 Å². The Labute approximate surface area is 218 Å². The van der Waals surface area contributed by atoms with Crippen LogP contribution in [0.4, 0.5) is 4.79 Å². The molecule has 1 aliphatic heterocycles. The quantitative estimate of drug-likeness (QED) is 0.385. The van der Waals surface area contributed by atoms with Crippen LogP contribution in [0.5, 0.6) is 5.75 Å². The van der Waals surface area contributed by atoms with Gasteiger partial charge in [0.25, 0.3) is 0 Å². The van der Waals surface area contributed by atoms with Gasteiger partial charge in [0, 0.05) is 20.0 Å². The van der Waals surface area contributed by atoms with Crippen LogP contribution in [0, 0.1) is 0 Å². The lowest BCUT2D eigenvalue weighted by Gasteiger charge is -2.22. The number of likely N-dealkylation sites (N-methyl/N-ethyl adjacent to an activating group) is 1. The third-order valence-electron chi connectivity index (χ3n) is 6.25. The maximum atomic E-state index is 12.4. The topological polar surface area (TPSA) is 61.9 Å². The number of nitrogens with one attached hydrogen (secondary N) is 1. The number of urea groups is 1. The molecule has 4 aromatic carbocycles. The van der Waals surface area contributed by atoms with Crippen molar-refractivity contribution in [2.24, 2.45) is 0 Å². The molecule has 6 nitrogen and oxygen atoms in total. The highest BCUT2D eigenvalue weighted by Crippen LogP contribution is 2.21. The van der Waals surface area contributed by atoms with E-state index < -0.39 is 6.04 Å². The first-order valence-corrected chi connectivity index (χ1v) is 12.5. The van der Waals surface area contributed by atoms with Crippen LogP contribution in [0.2, 0.25) is 0 Å². The summed E-state index contributed by atoms with van der Waals surface area (Å²) in [6.45, 7) is 3.22. The molecule has 1 atom stereocenters. The Kier molecular flexibility index (Phi) is 8.76. The molecule has 0 aromatic heterocycles. The minimum absolute atomic E-state index is 0.0364. The molecule has 0 radical (unpaired) electrons. The van der Waals surface area contributed by atoms with Gasteiger partial charge in [-0.3, -0.25) is 9.69 Å². The van der Waals surface area contributed by atoms with Crippen LogP contribution in [-0.2, 0) is 17.8 Å². The summed E-state index contributed by atoms with van der Waals surface area (Å²) in [6, 6.07) is 33.7. The van der Waals surface area contributed by atoms with Crippen molar-refractivity contribution in [1.29, 1.82) is 0 Å². The second kappa shape index (κ2) is 12.6. The summed E-state index contributed by atoms with van der Waals surface area (Å²) in [6.07, 6.45) is 0.485. The average molecular weight is 496 g/mol. The van der Waals surface area contributed by atoms with Crippen LogP contribution in [-0.4, -0.2) is 48.0 Å². The van der Waals surface area contributed by atoms with Crippen molar-refractivity contribution in [3.8, 4) is 5.75 Å². The maximum Gasteiger partial charge on any atom is 0.319 e. The molecule has 190 valence electrons. The lowest BCUT2D eigenvalue weighted by atomic mass is 10.0. The highest BCUT2D eigenvalue weighted by atomic mass is 16.5. The van der Waals surface area contributed by atoms with Crippen LogP contribution in [0.1, 0.15) is 18.1 Å². The van der Waals surface area contributed by atoms with Crippen LogP contribution >= 0.6 is 0 Å². The lowest BCUT2D eigenvalue weighted by Crippen LogP contribution is -2.45. The summed E-state index contributed by atoms with van der Waals surface area (Å²) in [5, 5.41) is 5.39. The lowest BCUT2D eigenvalue weighted by molar-refractivity contribution is -0.128. The molecule has 6 heteroatoms. The number of hydrogen-bond donors (Lipinski definition) is 1. The van der Waals surface area contributed by atoms with E-state index in [1.807, 2.05) is 61.5 Å². The van der Waals surface area contributed by atoms with Gasteiger partial charge in [-0.05, 0) is 41.0 Å². The van der Waals surface area contributed by atoms with Gasteiger partial charge in [-0.2, -0.15) is 0 Å². The zero-order chi connectivity index (χ0) is 26.0. The smallest absolute Gasteiger partial charge is 0.319 e. The molecule has 0 spiro atoms. The van der Waals surface area contributed by atoms with Gasteiger partial charge in [0.2, 0.25) is 5.91 Å². The summed E-state index contributed by atoms with van der Waals surface area (Å²) >= 11 is 0. The Morgan fingerprint density at radius 1 is 0.838 bits per heavy atom. The number of fused-ring (bicyclic) bond motifs is 1. The Bertz CT molecular complexity index is 1240. The normalized spacial score (nSPS) is 14.8. The van der Waals surface area contributed by atoms with Gasteiger partial charge in [0.15, 0.2) is 0 Å². The molecule has 4 aromatic rings. The first-order chi connectivity index (χ1) is 18.0. The summed E-state index contributed by atoms with van der Waals surface area (Å²) in [4.78, 5) is 27.8. The number of carbonyl (C=O) groups excluding carboxylic acids is 2. The molecule has 5 rings (SSSR count). The second-order valence-corrected chi connectivity index (χ2v) is 8.97. The van der Waals surface area contributed by atoms with E-state index in [1.165, 1.54) is 10.8 Å². The SMILES string of the molecule is CCNC(=O)N1CN(C)C(=O)[C@@H]1Cc1ccc(OCc2ccccc2)cc1.c1ccc2ccccc2c1. The molecule has 1 saturated heterocycles. The zero-order valence-electron chi connectivity index (χ0n) is 21.3. The van der Waals surface area contributed by atoms with Crippen molar-refractivity contribution in [3.05, 3.63) is 114 Å². The predicted octanol–water partition coefficient (Wildman–Crippen LogP) is 5.48. The van der Waals surface area contributed by atoms with Crippen molar-refractivity contribution in [1.82, 2.24) is 15.1 Å². The number of amides is 3. The van der Waals surface area contributed by atoms with Crippen LogP contribution < -0.4 is 10.1 Å². The third kappa shape index (κ3) is 6.88. The van der Waals surface area contributed by atoms with Crippen molar-refractivity contribution < 1.29 is 14.3 Å². The highest BCUT2D eigenvalue weighted by molar-refractivity contribution is 5.90. The molecule has 0 bridgehead atoms. The van der Waals surface area contributed by atoms with Gasteiger partial charge in [-0.25, -0.2) is 4.79 Å². The molecule has 37 heavy (non-hydrogen) atoms. The van der Waals surface area contributed by atoms with E-state index >= 15 is 0 Å². The van der Waals surface area contributed by atoms with E-state index in [0.717, 1.165) is 16.9 Å². The Morgan fingerprint density at radius 2 is 1.41 bits per heavy atom. The molecule has 0 aliphatic carbocycles. The second-order valence-electron chi connectivity index (χ2n) is 8.97. The van der Waals surface area contributed by atoms with Gasteiger partial charge >= 0.3 is 6.03 Å². The fourth-order valence-electron chi connectivity index (χ4n) is 4.26. The molecule has 0 unspecified atom stereocenters. The van der Waals surface area contributed by atoms with Crippen molar-refractivity contribution in [2.75, 3.05) is 20.3 Å². The molecule has 1 aliphatic rings. The summed E-state index contributed by atoms with van der Waals surface area (Å²) in [5.74, 6) is 0.740. The van der Waals surface area contributed by atoms with Gasteiger partial charge in [0.05, 0.1) is 6.67 Å². The fraction of sp³-hybridized carbons (Fsp3) is 0.226. The maximum absolute atomic E-state index is 12.4. The van der Waals surface area contributed by atoms with Gasteiger partial charge < -0.3 is 15.0 Å². The number of hydrogen-bond acceptors (Lipinski definition) is 3. The summed E-state index contributed by atoms with van der Waals surface area (Å²) < 4.78 is 5.80. The molecule has 1 N–H and O–H groups in total. The average Bonchev–Trinajstić information content (AvgIpc) is 3.22. The van der Waals surface area contributed by atoms with E-state index in [2.05, 4.69) is 53.8 Å². The first-order valence-electron chi connectivity index (χ1n) is 12.5. The Balaban J connectivity index is 0.000000265. The van der Waals surface area contributed by atoms with E-state index in [1.54, 1.807) is 16.8 Å². The van der Waals surface area contributed by atoms with Gasteiger partial charge in [0.1, 0.15) is 18.4 Å². The number of rotatable bonds is 6. The third-order valence-corrected chi connectivity index (χ3v) is 6.25. The number of benzene rings is 4.